The summed E-state index contributed by atoms with van der Waals surface area (Å²) in [5.74, 6) is -0.341. The van der Waals surface area contributed by atoms with E-state index in [1.165, 1.54) is 17.4 Å². The molecular weight excluding hydrogens is 253 g/mol. The molecule has 94 valence electrons. The molecule has 1 heterocycles. The van der Waals surface area contributed by atoms with Gasteiger partial charge in [-0.2, -0.15) is 0 Å². The van der Waals surface area contributed by atoms with Crippen LogP contribution in [0.15, 0.2) is 41.8 Å². The minimum absolute atomic E-state index is 0.137. The van der Waals surface area contributed by atoms with Crippen LogP contribution < -0.4 is 10.1 Å². The number of carbonyl (C=O) groups is 1. The SMILES string of the molecule is O=C(NCCOc1ccccc1F)c1cccs1. The minimum atomic E-state index is -0.401. The molecule has 0 radical (unpaired) electrons. The van der Waals surface area contributed by atoms with Crippen LogP contribution in [0.4, 0.5) is 4.39 Å². The molecule has 0 aliphatic carbocycles. The Kier molecular flexibility index (Phi) is 4.30. The van der Waals surface area contributed by atoms with Gasteiger partial charge in [0.2, 0.25) is 0 Å². The molecule has 0 spiro atoms. The molecule has 18 heavy (non-hydrogen) atoms. The third kappa shape index (κ3) is 3.30. The lowest BCUT2D eigenvalue weighted by molar-refractivity contribution is 0.0951. The predicted octanol–water partition coefficient (Wildman–Crippen LogP) is 2.70. The fraction of sp³-hybridized carbons (Fsp3) is 0.154. The van der Waals surface area contributed by atoms with Gasteiger partial charge in [-0.1, -0.05) is 18.2 Å². The standard InChI is InChI=1S/C13H12FNO2S/c14-10-4-1-2-5-11(10)17-8-7-15-13(16)12-6-3-9-18-12/h1-6,9H,7-8H2,(H,15,16). The Labute approximate surface area is 108 Å². The van der Waals surface area contributed by atoms with Crippen LogP contribution in [-0.2, 0) is 0 Å². The molecule has 1 aromatic heterocycles. The van der Waals surface area contributed by atoms with Gasteiger partial charge >= 0.3 is 0 Å². The molecule has 5 heteroatoms. The number of hydrogen-bond donors (Lipinski definition) is 1. The Bertz CT molecular complexity index is 513. The van der Waals surface area contributed by atoms with Crippen LogP contribution in [0.25, 0.3) is 0 Å². The highest BCUT2D eigenvalue weighted by atomic mass is 32.1. The van der Waals surface area contributed by atoms with Gasteiger partial charge in [0.05, 0.1) is 11.4 Å². The van der Waals surface area contributed by atoms with Crippen LogP contribution in [0.1, 0.15) is 9.67 Å². The van der Waals surface area contributed by atoms with Gasteiger partial charge in [-0.25, -0.2) is 4.39 Å². The van der Waals surface area contributed by atoms with E-state index in [4.69, 9.17) is 4.74 Å². The Balaban J connectivity index is 1.74. The summed E-state index contributed by atoms with van der Waals surface area (Å²) in [6.07, 6.45) is 0. The van der Waals surface area contributed by atoms with Crippen molar-refractivity contribution in [2.45, 2.75) is 0 Å². The molecule has 1 aromatic carbocycles. The lowest BCUT2D eigenvalue weighted by Crippen LogP contribution is -2.27. The zero-order chi connectivity index (χ0) is 12.8. The molecule has 2 rings (SSSR count). The first kappa shape index (κ1) is 12.6. The number of nitrogens with one attached hydrogen (secondary N) is 1. The Hall–Kier alpha value is -1.88. The van der Waals surface area contributed by atoms with E-state index in [0.29, 0.717) is 11.4 Å². The number of halogens is 1. The molecule has 2 aromatic rings. The molecule has 0 bridgehead atoms. The third-order valence-corrected chi connectivity index (χ3v) is 3.10. The second kappa shape index (κ2) is 6.16. The van der Waals surface area contributed by atoms with Crippen molar-refractivity contribution in [2.24, 2.45) is 0 Å². The number of hydrogen-bond acceptors (Lipinski definition) is 3. The number of rotatable bonds is 5. The highest BCUT2D eigenvalue weighted by Crippen LogP contribution is 2.14. The summed E-state index contributed by atoms with van der Waals surface area (Å²) in [5.41, 5.74) is 0. The summed E-state index contributed by atoms with van der Waals surface area (Å²) in [5, 5.41) is 4.54. The van der Waals surface area contributed by atoms with E-state index < -0.39 is 5.82 Å². The molecule has 0 unspecified atom stereocenters. The maximum absolute atomic E-state index is 13.2. The molecular formula is C13H12FNO2S. The molecule has 0 fully saturated rings. The summed E-state index contributed by atoms with van der Waals surface area (Å²) < 4.78 is 18.4. The number of carbonyl (C=O) groups excluding carboxylic acids is 1. The quantitative estimate of drug-likeness (QED) is 0.844. The van der Waals surface area contributed by atoms with E-state index in [9.17, 15) is 9.18 Å². The van der Waals surface area contributed by atoms with Gasteiger partial charge in [0.15, 0.2) is 11.6 Å². The smallest absolute Gasteiger partial charge is 0.261 e. The molecule has 0 atom stereocenters. The number of thiophene rings is 1. The topological polar surface area (TPSA) is 38.3 Å². The number of para-hydroxylation sites is 1. The van der Waals surface area contributed by atoms with E-state index in [1.807, 2.05) is 11.4 Å². The molecule has 0 aliphatic heterocycles. The summed E-state index contributed by atoms with van der Waals surface area (Å²) in [7, 11) is 0. The minimum Gasteiger partial charge on any atom is -0.489 e. The van der Waals surface area contributed by atoms with Crippen LogP contribution in [-0.4, -0.2) is 19.1 Å². The molecule has 1 N–H and O–H groups in total. The van der Waals surface area contributed by atoms with Gasteiger partial charge in [0, 0.05) is 0 Å². The Morgan fingerprint density at radius 3 is 2.83 bits per heavy atom. The fourth-order valence-electron chi connectivity index (χ4n) is 1.38. The highest BCUT2D eigenvalue weighted by molar-refractivity contribution is 7.12. The van der Waals surface area contributed by atoms with Gasteiger partial charge in [0.1, 0.15) is 6.61 Å². The molecule has 1 amide bonds. The fourth-order valence-corrected chi connectivity index (χ4v) is 2.02. The number of amides is 1. The maximum atomic E-state index is 13.2. The van der Waals surface area contributed by atoms with Gasteiger partial charge in [-0.05, 0) is 23.6 Å². The van der Waals surface area contributed by atoms with E-state index in [1.54, 1.807) is 24.3 Å². The van der Waals surface area contributed by atoms with Crippen molar-refractivity contribution in [2.75, 3.05) is 13.2 Å². The third-order valence-electron chi connectivity index (χ3n) is 2.23. The van der Waals surface area contributed by atoms with Crippen molar-refractivity contribution in [3.8, 4) is 5.75 Å². The van der Waals surface area contributed by atoms with Crippen molar-refractivity contribution in [3.05, 3.63) is 52.5 Å². The first-order valence-corrected chi connectivity index (χ1v) is 6.34. The van der Waals surface area contributed by atoms with Crippen molar-refractivity contribution in [1.82, 2.24) is 5.32 Å². The zero-order valence-corrected chi connectivity index (χ0v) is 10.4. The molecule has 0 aliphatic rings. The van der Waals surface area contributed by atoms with Crippen molar-refractivity contribution in [1.29, 1.82) is 0 Å². The van der Waals surface area contributed by atoms with Gasteiger partial charge in [-0.3, -0.25) is 4.79 Å². The van der Waals surface area contributed by atoms with Crippen LogP contribution in [0, 0.1) is 5.82 Å². The van der Waals surface area contributed by atoms with Gasteiger partial charge in [-0.15, -0.1) is 11.3 Å². The second-order valence-corrected chi connectivity index (χ2v) is 4.46. The first-order valence-electron chi connectivity index (χ1n) is 5.46. The monoisotopic (exact) mass is 265 g/mol. The van der Waals surface area contributed by atoms with E-state index in [0.717, 1.165) is 0 Å². The average Bonchev–Trinajstić information content (AvgIpc) is 2.90. The van der Waals surface area contributed by atoms with Crippen LogP contribution in [0.2, 0.25) is 0 Å². The van der Waals surface area contributed by atoms with E-state index in [2.05, 4.69) is 5.32 Å². The Morgan fingerprint density at radius 2 is 2.11 bits per heavy atom. The highest BCUT2D eigenvalue weighted by Gasteiger charge is 2.05. The molecule has 0 saturated heterocycles. The summed E-state index contributed by atoms with van der Waals surface area (Å²) in [6.45, 7) is 0.573. The predicted molar refractivity (Wildman–Crippen MR) is 68.5 cm³/mol. The first-order chi connectivity index (χ1) is 8.77. The summed E-state index contributed by atoms with van der Waals surface area (Å²) in [6, 6.07) is 9.74. The molecule has 3 nitrogen and oxygen atoms in total. The van der Waals surface area contributed by atoms with Crippen LogP contribution in [0.3, 0.4) is 0 Å². The number of benzene rings is 1. The van der Waals surface area contributed by atoms with Crippen molar-refractivity contribution >= 4 is 17.2 Å². The van der Waals surface area contributed by atoms with Crippen molar-refractivity contribution < 1.29 is 13.9 Å². The molecule has 0 saturated carbocycles. The summed E-state index contributed by atoms with van der Waals surface area (Å²) in [4.78, 5) is 12.2. The Morgan fingerprint density at radius 1 is 1.28 bits per heavy atom. The van der Waals surface area contributed by atoms with Crippen LogP contribution >= 0.6 is 11.3 Å². The van der Waals surface area contributed by atoms with Gasteiger partial charge < -0.3 is 10.1 Å². The van der Waals surface area contributed by atoms with Crippen LogP contribution in [0.5, 0.6) is 5.75 Å². The average molecular weight is 265 g/mol. The maximum Gasteiger partial charge on any atom is 0.261 e. The lowest BCUT2D eigenvalue weighted by atomic mass is 10.3. The lowest BCUT2D eigenvalue weighted by Gasteiger charge is -2.07. The van der Waals surface area contributed by atoms with Crippen molar-refractivity contribution in [3.63, 3.8) is 0 Å². The second-order valence-electron chi connectivity index (χ2n) is 3.51. The van der Waals surface area contributed by atoms with E-state index in [-0.39, 0.29) is 18.3 Å². The number of ether oxygens (including phenoxy) is 1. The largest absolute Gasteiger partial charge is 0.489 e. The zero-order valence-electron chi connectivity index (χ0n) is 9.56. The summed E-state index contributed by atoms with van der Waals surface area (Å²) >= 11 is 1.38. The van der Waals surface area contributed by atoms with E-state index >= 15 is 0 Å². The normalized spacial score (nSPS) is 10.1. The van der Waals surface area contributed by atoms with Gasteiger partial charge in [0.25, 0.3) is 5.91 Å².